The molecule has 0 spiro atoms. The molecule has 16 rings (SSSR count). The number of thioether (sulfide) groups is 1. The van der Waals surface area contributed by atoms with Crippen molar-refractivity contribution in [3.8, 4) is 0 Å². The van der Waals surface area contributed by atoms with Gasteiger partial charge in [-0.3, -0.25) is 40.4 Å². The van der Waals surface area contributed by atoms with Crippen molar-refractivity contribution in [2.45, 2.75) is 104 Å². The van der Waals surface area contributed by atoms with E-state index in [1.54, 1.807) is 24.3 Å². The number of nitrogen functional groups attached to an aromatic ring is 4. The van der Waals surface area contributed by atoms with Gasteiger partial charge in [0.25, 0.3) is 12.0 Å². The molecular weight excluding hydrogens is 1270 g/mol. The van der Waals surface area contributed by atoms with Gasteiger partial charge in [0.2, 0.25) is 0 Å². The third-order valence-electron chi connectivity index (χ3n) is 15.0. The third kappa shape index (κ3) is 33.2. The SMILES string of the molecule is C1=NCCCN1.C1=Nc2ccccc2C1.C1CCC2=NCCCN2CC1.C1CN=C2CCCN2C1.CC1=NCCCN1C.CCC1=NCCCN1CC.N=C(N)c1ccccc1.NC1=NCCO1.NC1=NCCS1.Nc1nc2ccccc2s1.Nc1ncco1.Nc1nccs1. The molecule has 0 amide bonds. The number of anilines is 3. The lowest BCUT2D eigenvalue weighted by atomic mass is 10.2. The third-order valence-corrected chi connectivity index (χ3v) is 17.3. The van der Waals surface area contributed by atoms with E-state index in [1.165, 1.54) is 174 Å². The van der Waals surface area contributed by atoms with Gasteiger partial charge in [-0.2, -0.15) is 0 Å². The second-order valence-corrected chi connectivity index (χ2v) is 25.2. The summed E-state index contributed by atoms with van der Waals surface area (Å²) in [6.07, 6.45) is 24.5. The van der Waals surface area contributed by atoms with Crippen LogP contribution >= 0.6 is 34.4 Å². The van der Waals surface area contributed by atoms with Gasteiger partial charge in [-0.1, -0.05) is 97.1 Å². The molecule has 0 atom stereocenters. The van der Waals surface area contributed by atoms with Crippen LogP contribution in [0, 0.1) is 5.41 Å². The molecule has 28 heteroatoms. The molecule has 0 saturated carbocycles. The van der Waals surface area contributed by atoms with Crippen LogP contribution in [0.2, 0.25) is 0 Å². The highest BCUT2D eigenvalue weighted by molar-refractivity contribution is 8.14. The molecule has 0 unspecified atom stereocenters. The first-order valence-corrected chi connectivity index (χ1v) is 36.1. The molecule has 6 aromatic rings. The van der Waals surface area contributed by atoms with Gasteiger partial charge >= 0.3 is 0 Å². The number of hydrogen-bond donors (Lipinski definition) is 8. The van der Waals surface area contributed by atoms with Crippen LogP contribution in [0.1, 0.15) is 109 Å². The molecule has 13 heterocycles. The number of nitrogens with one attached hydrogen (secondary N) is 2. The highest BCUT2D eigenvalue weighted by Crippen LogP contribution is 2.24. The van der Waals surface area contributed by atoms with Crippen LogP contribution in [-0.4, -0.2) is 205 Å². The van der Waals surface area contributed by atoms with Crippen molar-refractivity contribution in [3.63, 3.8) is 0 Å². The highest BCUT2D eigenvalue weighted by Gasteiger charge is 2.20. The second kappa shape index (κ2) is 48.1. The lowest BCUT2D eigenvalue weighted by Crippen LogP contribution is -2.34. The van der Waals surface area contributed by atoms with Crippen molar-refractivity contribution in [1.29, 1.82) is 5.41 Å². The predicted octanol–water partition coefficient (Wildman–Crippen LogP) is 9.97. The quantitative estimate of drug-likeness (QED) is 0.0603. The number of benzene rings is 3. The summed E-state index contributed by atoms with van der Waals surface area (Å²) in [7, 11) is 2.08. The first kappa shape index (κ1) is 78.1. The predicted molar refractivity (Wildman–Crippen MR) is 409 cm³/mol. The maximum absolute atomic E-state index is 7.01. The Labute approximate surface area is 580 Å². The van der Waals surface area contributed by atoms with E-state index in [4.69, 9.17) is 39.8 Å². The summed E-state index contributed by atoms with van der Waals surface area (Å²) in [5.41, 5.74) is 35.4. The summed E-state index contributed by atoms with van der Waals surface area (Å²) in [5.74, 6) is 6.45. The number of thiazole rings is 2. The van der Waals surface area contributed by atoms with Crippen molar-refractivity contribution in [1.82, 2.24) is 39.9 Å². The van der Waals surface area contributed by atoms with Crippen LogP contribution in [0.25, 0.3) is 10.2 Å². The molecule has 10 aliphatic rings. The summed E-state index contributed by atoms with van der Waals surface area (Å²) in [6.45, 7) is 23.6. The topological polar surface area (TPSA) is 365 Å². The maximum Gasteiger partial charge on any atom is 0.291 e. The Balaban J connectivity index is 0.000000190. The maximum atomic E-state index is 7.01. The zero-order valence-electron chi connectivity index (χ0n) is 56.9. The summed E-state index contributed by atoms with van der Waals surface area (Å²) in [4.78, 5) is 54.2. The van der Waals surface area contributed by atoms with E-state index in [2.05, 4.69) is 123 Å². The number of ether oxygens (including phenoxy) is 1. The van der Waals surface area contributed by atoms with Gasteiger partial charge < -0.3 is 68.5 Å². The van der Waals surface area contributed by atoms with Gasteiger partial charge in [-0.05, 0) is 89.0 Å². The number of para-hydroxylation sites is 2. The smallest absolute Gasteiger partial charge is 0.291 e. The first-order chi connectivity index (χ1) is 46.8. The average molecular weight is 1370 g/mol. The molecule has 2 saturated heterocycles. The minimum Gasteiger partial charge on any atom is -0.463 e. The van der Waals surface area contributed by atoms with Crippen molar-refractivity contribution in [3.05, 3.63) is 114 Å². The Bertz CT molecular complexity index is 3220. The van der Waals surface area contributed by atoms with Crippen LogP contribution < -0.4 is 39.7 Å². The van der Waals surface area contributed by atoms with Gasteiger partial charge in [0.1, 0.15) is 18.7 Å². The average Bonchev–Trinajstić information content (AvgIpc) is 2.11. The van der Waals surface area contributed by atoms with E-state index in [0.29, 0.717) is 22.9 Å². The molecular formula is C68H105N23O2S3. The van der Waals surface area contributed by atoms with Gasteiger partial charge in [0.15, 0.2) is 15.4 Å². The van der Waals surface area contributed by atoms with Gasteiger partial charge in [0.05, 0.1) is 64.9 Å². The van der Waals surface area contributed by atoms with E-state index < -0.39 is 0 Å². The van der Waals surface area contributed by atoms with Crippen molar-refractivity contribution in [2.24, 2.45) is 57.1 Å². The summed E-state index contributed by atoms with van der Waals surface area (Å²) in [6, 6.07) is 25.9. The number of oxazole rings is 1. The van der Waals surface area contributed by atoms with Crippen molar-refractivity contribution in [2.75, 3.05) is 135 Å². The zero-order valence-corrected chi connectivity index (χ0v) is 59.3. The number of nitrogens with zero attached hydrogens (tertiary/aromatic N) is 15. The second-order valence-electron chi connectivity index (χ2n) is 22.1. The van der Waals surface area contributed by atoms with Crippen molar-refractivity contribution < 1.29 is 9.15 Å². The Hall–Kier alpha value is -8.63. The molecule has 2 fully saturated rings. The molecule has 25 nitrogen and oxygen atoms in total. The summed E-state index contributed by atoms with van der Waals surface area (Å²) in [5, 5.41) is 13.9. The van der Waals surface area contributed by atoms with E-state index in [9.17, 15) is 0 Å². The Morgan fingerprint density at radius 2 is 1.34 bits per heavy atom. The standard InChI is InChI=1S/C9H16N2.C8H16N2.C8H7N.C7H6N2S.C7H12N2.C7H8N2.C6H12N2.C4H8N2.C3H6N2O.C3H4N2O.C3H6N2S.C3H4N2S/c1-2-5-9-10-6-4-8-11(9)7-3-1;1-3-8-9-6-5-7-10(8)4-2;1-2-4-8-7(3-1)5-6-9-8;8-7-9-5-3-1-2-4-6(5)10-7;1-3-7-8-4-2-6-9(7)5-1;8-7(9)6-4-2-1-3-5-6;1-6-7-4-3-5-8(6)2;1-2-5-4-6-3-1;4*4-3-5-1-2-6-3/h1-8H2;3-7H2,1-2H3;1-4,6H,5H2;1-4H,(H2,8,9);1-6H2;1-5H,(H3,8,9);3-5H2,1-2H3;4H,1-3H2,(H,5,6);1-2H2,(H2,4,5);1-2H,(H2,4,5);1-2H2,(H2,4,5);1-2H,(H2,4,5). The molecule has 522 valence electrons. The monoisotopic (exact) mass is 1370 g/mol. The summed E-state index contributed by atoms with van der Waals surface area (Å²) >= 11 is 4.59. The largest absolute Gasteiger partial charge is 0.463 e. The van der Waals surface area contributed by atoms with Crippen LogP contribution in [0.5, 0.6) is 0 Å². The number of rotatable bonds is 3. The Morgan fingerprint density at radius 3 is 1.82 bits per heavy atom. The fourth-order valence-corrected chi connectivity index (χ4v) is 11.6. The fraction of sp³-hybridized carbons (Fsp3) is 0.500. The van der Waals surface area contributed by atoms with E-state index in [-0.39, 0.29) is 11.9 Å². The highest BCUT2D eigenvalue weighted by atomic mass is 32.2. The molecule has 0 bridgehead atoms. The molecule has 3 aromatic carbocycles. The molecule has 14 N–H and O–H groups in total. The number of nitrogens with two attached hydrogens (primary N) is 6. The zero-order chi connectivity index (χ0) is 68.6. The van der Waals surface area contributed by atoms with Crippen molar-refractivity contribution >= 4 is 120 Å². The number of fused-ring (bicyclic) bond motifs is 4. The van der Waals surface area contributed by atoms with Crippen LogP contribution in [-0.2, 0) is 11.2 Å². The van der Waals surface area contributed by atoms with Gasteiger partial charge in [-0.15, -0.1) is 11.3 Å². The van der Waals surface area contributed by atoms with E-state index >= 15 is 0 Å². The minimum absolute atomic E-state index is 0.121. The van der Waals surface area contributed by atoms with Gasteiger partial charge in [-0.25, -0.2) is 19.9 Å². The van der Waals surface area contributed by atoms with Crippen LogP contribution in [0.15, 0.2) is 147 Å². The normalized spacial score (nSPS) is 17.1. The minimum atomic E-state index is 0.121. The number of aromatic nitrogens is 3. The fourth-order valence-electron chi connectivity index (χ4n) is 9.95. The van der Waals surface area contributed by atoms with Gasteiger partial charge in [0, 0.05) is 147 Å². The molecule has 96 heavy (non-hydrogen) atoms. The Kier molecular flexibility index (Phi) is 39.1. The molecule has 0 aliphatic carbocycles. The lowest BCUT2D eigenvalue weighted by molar-refractivity contribution is 0.342. The summed E-state index contributed by atoms with van der Waals surface area (Å²) < 4.78 is 10.3. The Morgan fingerprint density at radius 1 is 0.656 bits per heavy atom. The number of aliphatic imine (C=N–C) groups is 8. The molecule has 3 aromatic heterocycles. The van der Waals surface area contributed by atoms with Crippen LogP contribution in [0.4, 0.5) is 22.0 Å². The van der Waals surface area contributed by atoms with Crippen LogP contribution in [0.3, 0.4) is 0 Å². The number of hydrogen-bond acceptors (Lipinski definition) is 27. The molecule has 0 radical (unpaired) electrons. The van der Waals surface area contributed by atoms with E-state index in [1.807, 2.05) is 84.4 Å². The molecule has 10 aliphatic heterocycles. The lowest BCUT2D eigenvalue weighted by Gasteiger charge is -2.27. The first-order valence-electron chi connectivity index (χ1n) is 33.4. The number of amidine groups is 7. The van der Waals surface area contributed by atoms with E-state index in [0.717, 1.165) is 104 Å².